The molecule has 5 nitrogen and oxygen atoms in total. The van der Waals surface area contributed by atoms with E-state index in [2.05, 4.69) is 4.98 Å². The topological polar surface area (TPSA) is 70.5 Å². The van der Waals surface area contributed by atoms with Crippen LogP contribution in [0, 0.1) is 0 Å². The van der Waals surface area contributed by atoms with Gasteiger partial charge >= 0.3 is 0 Å². The van der Waals surface area contributed by atoms with E-state index in [1.165, 1.54) is 0 Å². The van der Waals surface area contributed by atoms with Gasteiger partial charge < -0.3 is 19.6 Å². The molecule has 0 radical (unpaired) electrons. The molecule has 1 aromatic rings. The molecular weight excluding hydrogens is 184 g/mol. The molecule has 0 bridgehead atoms. The Bertz CT molecular complexity index is 260. The van der Waals surface area contributed by atoms with Gasteiger partial charge in [-0.25, -0.2) is 4.98 Å². The zero-order valence-electron chi connectivity index (χ0n) is 8.53. The minimum atomic E-state index is -0.178. The van der Waals surface area contributed by atoms with Gasteiger partial charge in [-0.05, 0) is 6.92 Å². The summed E-state index contributed by atoms with van der Waals surface area (Å²) in [5.41, 5.74) is 5.59. The first-order valence-electron chi connectivity index (χ1n) is 4.51. The Morgan fingerprint density at radius 3 is 2.93 bits per heavy atom. The maximum Gasteiger partial charge on any atom is 0.211 e. The number of hydrogen-bond acceptors (Lipinski definition) is 5. The van der Waals surface area contributed by atoms with Crippen molar-refractivity contribution in [2.45, 2.75) is 19.6 Å². The highest BCUT2D eigenvalue weighted by atomic mass is 16.5. The number of oxazole rings is 1. The molecule has 0 saturated carbocycles. The van der Waals surface area contributed by atoms with E-state index >= 15 is 0 Å². The van der Waals surface area contributed by atoms with Crippen molar-refractivity contribution < 1.29 is 13.9 Å². The predicted octanol–water partition coefficient (Wildman–Crippen LogP) is 0.857. The second-order valence-electron chi connectivity index (χ2n) is 3.00. The zero-order chi connectivity index (χ0) is 10.4. The summed E-state index contributed by atoms with van der Waals surface area (Å²) in [6.45, 7) is 3.35. The van der Waals surface area contributed by atoms with Crippen LogP contribution in [0.1, 0.15) is 24.6 Å². The van der Waals surface area contributed by atoms with Gasteiger partial charge in [0.1, 0.15) is 12.4 Å². The Morgan fingerprint density at radius 1 is 1.57 bits per heavy atom. The lowest BCUT2D eigenvalue weighted by atomic mass is 10.4. The van der Waals surface area contributed by atoms with Crippen molar-refractivity contribution in [1.29, 1.82) is 0 Å². The zero-order valence-corrected chi connectivity index (χ0v) is 8.53. The minimum Gasteiger partial charge on any atom is -0.442 e. The predicted molar refractivity (Wildman–Crippen MR) is 50.6 cm³/mol. The highest BCUT2D eigenvalue weighted by Crippen LogP contribution is 2.10. The summed E-state index contributed by atoms with van der Waals surface area (Å²) in [6, 6.07) is -0.178. The molecule has 0 aromatic carbocycles. The smallest absolute Gasteiger partial charge is 0.211 e. The van der Waals surface area contributed by atoms with Crippen molar-refractivity contribution in [3.8, 4) is 0 Å². The largest absolute Gasteiger partial charge is 0.442 e. The first-order valence-corrected chi connectivity index (χ1v) is 4.51. The second-order valence-corrected chi connectivity index (χ2v) is 3.00. The van der Waals surface area contributed by atoms with Gasteiger partial charge in [0.2, 0.25) is 5.89 Å². The van der Waals surface area contributed by atoms with Gasteiger partial charge in [-0.2, -0.15) is 0 Å². The van der Waals surface area contributed by atoms with Gasteiger partial charge in [0, 0.05) is 7.11 Å². The fourth-order valence-electron chi connectivity index (χ4n) is 0.915. The van der Waals surface area contributed by atoms with E-state index in [1.807, 2.05) is 6.92 Å². The van der Waals surface area contributed by atoms with Crippen LogP contribution in [0.2, 0.25) is 0 Å². The van der Waals surface area contributed by atoms with E-state index in [0.29, 0.717) is 31.5 Å². The lowest BCUT2D eigenvalue weighted by Crippen LogP contribution is -2.04. The number of hydrogen-bond donors (Lipinski definition) is 1. The highest BCUT2D eigenvalue weighted by molar-refractivity contribution is 4.95. The third kappa shape index (κ3) is 3.45. The standard InChI is InChI=1S/C9H16N2O3/c1-7(10)9-11-5-8(14-9)6-13-4-3-12-2/h5,7H,3-4,6,10H2,1-2H3. The molecule has 1 rings (SSSR count). The molecule has 0 spiro atoms. The van der Waals surface area contributed by atoms with Gasteiger partial charge in [0.05, 0.1) is 25.5 Å². The van der Waals surface area contributed by atoms with Crippen LogP contribution in [0.5, 0.6) is 0 Å². The second kappa shape index (κ2) is 5.74. The molecule has 2 N–H and O–H groups in total. The molecule has 0 amide bonds. The molecule has 14 heavy (non-hydrogen) atoms. The summed E-state index contributed by atoms with van der Waals surface area (Å²) in [4.78, 5) is 4.01. The normalized spacial score (nSPS) is 13.1. The molecular formula is C9H16N2O3. The van der Waals surface area contributed by atoms with Crippen LogP contribution < -0.4 is 5.73 Å². The Kier molecular flexibility index (Phi) is 4.58. The lowest BCUT2D eigenvalue weighted by molar-refractivity contribution is 0.0532. The molecule has 0 aliphatic heterocycles. The number of rotatable bonds is 6. The van der Waals surface area contributed by atoms with Crippen LogP contribution in [0.4, 0.5) is 0 Å². The molecule has 5 heteroatoms. The van der Waals surface area contributed by atoms with Gasteiger partial charge in [0.25, 0.3) is 0 Å². The van der Waals surface area contributed by atoms with Crippen molar-refractivity contribution in [1.82, 2.24) is 4.98 Å². The van der Waals surface area contributed by atoms with Crippen LogP contribution in [-0.2, 0) is 16.1 Å². The fraction of sp³-hybridized carbons (Fsp3) is 0.667. The third-order valence-corrected chi connectivity index (χ3v) is 1.64. The monoisotopic (exact) mass is 200 g/mol. The maximum absolute atomic E-state index is 5.59. The molecule has 80 valence electrons. The van der Waals surface area contributed by atoms with Crippen molar-refractivity contribution in [3.63, 3.8) is 0 Å². The van der Waals surface area contributed by atoms with Gasteiger partial charge in [0.15, 0.2) is 0 Å². The summed E-state index contributed by atoms with van der Waals surface area (Å²) in [6.07, 6.45) is 1.63. The molecule has 1 aromatic heterocycles. The lowest BCUT2D eigenvalue weighted by Gasteiger charge is -2.00. The molecule has 1 heterocycles. The molecule has 1 unspecified atom stereocenters. The summed E-state index contributed by atoms with van der Waals surface area (Å²) in [7, 11) is 1.63. The molecule has 0 aliphatic rings. The van der Waals surface area contributed by atoms with Crippen molar-refractivity contribution in [3.05, 3.63) is 17.8 Å². The summed E-state index contributed by atoms with van der Waals surface area (Å²) < 4.78 is 15.4. The van der Waals surface area contributed by atoms with E-state index in [0.717, 1.165) is 0 Å². The SMILES string of the molecule is COCCOCc1cnc(C(C)N)o1. The number of ether oxygens (including phenoxy) is 2. The average molecular weight is 200 g/mol. The van der Waals surface area contributed by atoms with E-state index in [1.54, 1.807) is 13.3 Å². The summed E-state index contributed by atoms with van der Waals surface area (Å²) in [5.74, 6) is 1.23. The Hall–Kier alpha value is -0.910. The molecule has 0 saturated heterocycles. The van der Waals surface area contributed by atoms with Gasteiger partial charge in [-0.3, -0.25) is 0 Å². The highest BCUT2D eigenvalue weighted by Gasteiger charge is 2.07. The van der Waals surface area contributed by atoms with Crippen molar-refractivity contribution in [2.24, 2.45) is 5.73 Å². The van der Waals surface area contributed by atoms with Crippen LogP contribution in [0.25, 0.3) is 0 Å². The van der Waals surface area contributed by atoms with E-state index in [-0.39, 0.29) is 6.04 Å². The van der Waals surface area contributed by atoms with Crippen LogP contribution in [0.3, 0.4) is 0 Å². The maximum atomic E-state index is 5.59. The first-order chi connectivity index (χ1) is 6.74. The van der Waals surface area contributed by atoms with E-state index < -0.39 is 0 Å². The van der Waals surface area contributed by atoms with E-state index in [4.69, 9.17) is 19.6 Å². The summed E-state index contributed by atoms with van der Waals surface area (Å²) >= 11 is 0. The molecule has 1 atom stereocenters. The van der Waals surface area contributed by atoms with Gasteiger partial charge in [-0.1, -0.05) is 0 Å². The Balaban J connectivity index is 2.29. The first kappa shape index (κ1) is 11.2. The fourth-order valence-corrected chi connectivity index (χ4v) is 0.915. The third-order valence-electron chi connectivity index (χ3n) is 1.64. The van der Waals surface area contributed by atoms with Crippen molar-refractivity contribution >= 4 is 0 Å². The Labute approximate surface area is 83.2 Å². The van der Waals surface area contributed by atoms with Crippen LogP contribution in [0.15, 0.2) is 10.6 Å². The average Bonchev–Trinajstić information content (AvgIpc) is 2.61. The summed E-state index contributed by atoms with van der Waals surface area (Å²) in [5, 5.41) is 0. The number of methoxy groups -OCH3 is 1. The van der Waals surface area contributed by atoms with Gasteiger partial charge in [-0.15, -0.1) is 0 Å². The van der Waals surface area contributed by atoms with Crippen LogP contribution >= 0.6 is 0 Å². The molecule has 0 fully saturated rings. The number of nitrogens with zero attached hydrogens (tertiary/aromatic N) is 1. The van der Waals surface area contributed by atoms with Crippen molar-refractivity contribution in [2.75, 3.05) is 20.3 Å². The number of aromatic nitrogens is 1. The minimum absolute atomic E-state index is 0.178. The van der Waals surface area contributed by atoms with E-state index in [9.17, 15) is 0 Å². The Morgan fingerprint density at radius 2 is 2.36 bits per heavy atom. The number of nitrogens with two attached hydrogens (primary N) is 1. The van der Waals surface area contributed by atoms with Crippen LogP contribution in [-0.4, -0.2) is 25.3 Å². The quantitative estimate of drug-likeness (QED) is 0.689. The molecule has 0 aliphatic carbocycles.